The van der Waals surface area contributed by atoms with Crippen molar-refractivity contribution in [1.29, 1.82) is 0 Å². The number of nitrogens with one attached hydrogen (secondary N) is 1. The maximum atomic E-state index is 4.72. The van der Waals surface area contributed by atoms with Crippen molar-refractivity contribution in [2.45, 2.75) is 19.9 Å². The van der Waals surface area contributed by atoms with Gasteiger partial charge in [-0.05, 0) is 13.8 Å². The first-order chi connectivity index (χ1) is 7.81. The molecule has 0 saturated carbocycles. The second-order valence-electron chi connectivity index (χ2n) is 4.32. The molecule has 2 aliphatic rings. The van der Waals surface area contributed by atoms with E-state index in [-0.39, 0.29) is 0 Å². The number of hydrogen-bond acceptors (Lipinski definition) is 4. The van der Waals surface area contributed by atoms with Crippen molar-refractivity contribution < 1.29 is 0 Å². The molecule has 0 amide bonds. The van der Waals surface area contributed by atoms with Gasteiger partial charge in [0.2, 0.25) is 0 Å². The van der Waals surface area contributed by atoms with Crippen LogP contribution in [0.4, 0.5) is 0 Å². The SMILES string of the molecule is CC#CCN1CC(C)N=C1N1CCNCC1. The van der Waals surface area contributed by atoms with Crippen LogP contribution in [0.3, 0.4) is 0 Å². The first-order valence-corrected chi connectivity index (χ1v) is 5.99. The number of guanidine groups is 1. The zero-order chi connectivity index (χ0) is 11.4. The average molecular weight is 220 g/mol. The normalized spacial score (nSPS) is 25.1. The van der Waals surface area contributed by atoms with Gasteiger partial charge in [-0.15, -0.1) is 5.92 Å². The van der Waals surface area contributed by atoms with Gasteiger partial charge in [-0.1, -0.05) is 5.92 Å². The van der Waals surface area contributed by atoms with Crippen molar-refractivity contribution in [3.8, 4) is 11.8 Å². The summed E-state index contributed by atoms with van der Waals surface area (Å²) in [7, 11) is 0. The lowest BCUT2D eigenvalue weighted by Crippen LogP contribution is -2.51. The molecule has 0 aromatic rings. The third kappa shape index (κ3) is 2.48. The summed E-state index contributed by atoms with van der Waals surface area (Å²) in [4.78, 5) is 9.39. The molecule has 0 aromatic carbocycles. The Bertz CT molecular complexity index is 320. The van der Waals surface area contributed by atoms with Crippen molar-refractivity contribution in [2.24, 2.45) is 4.99 Å². The average Bonchev–Trinajstić information content (AvgIpc) is 2.69. The van der Waals surface area contributed by atoms with Gasteiger partial charge in [-0.2, -0.15) is 0 Å². The number of hydrogen-bond donors (Lipinski definition) is 1. The van der Waals surface area contributed by atoms with Crippen LogP contribution in [-0.2, 0) is 0 Å². The van der Waals surface area contributed by atoms with E-state index in [0.717, 1.165) is 45.2 Å². The van der Waals surface area contributed by atoms with Crippen molar-refractivity contribution in [3.05, 3.63) is 0 Å². The van der Waals surface area contributed by atoms with Gasteiger partial charge in [0, 0.05) is 32.7 Å². The van der Waals surface area contributed by atoms with E-state index in [2.05, 4.69) is 33.9 Å². The molecule has 1 unspecified atom stereocenters. The van der Waals surface area contributed by atoms with Crippen LogP contribution in [0.5, 0.6) is 0 Å². The molecular weight excluding hydrogens is 200 g/mol. The Kier molecular flexibility index (Phi) is 3.68. The summed E-state index contributed by atoms with van der Waals surface area (Å²) in [6.45, 7) is 10.1. The largest absolute Gasteiger partial charge is 0.340 e. The molecule has 88 valence electrons. The standard InChI is InChI=1S/C12H20N4/c1-3-4-7-16-10-11(2)14-12(16)15-8-5-13-6-9-15/h11,13H,5-10H2,1-2H3. The Morgan fingerprint density at radius 1 is 1.44 bits per heavy atom. The maximum Gasteiger partial charge on any atom is 0.197 e. The summed E-state index contributed by atoms with van der Waals surface area (Å²) in [5.41, 5.74) is 0. The molecule has 1 atom stereocenters. The third-order valence-electron chi connectivity index (χ3n) is 2.95. The topological polar surface area (TPSA) is 30.9 Å². The molecule has 0 spiro atoms. The Balaban J connectivity index is 2.02. The van der Waals surface area contributed by atoms with Crippen LogP contribution in [0.2, 0.25) is 0 Å². The van der Waals surface area contributed by atoms with Crippen molar-refractivity contribution >= 4 is 5.96 Å². The molecule has 0 aliphatic carbocycles. The maximum absolute atomic E-state index is 4.72. The van der Waals surface area contributed by atoms with E-state index in [4.69, 9.17) is 4.99 Å². The summed E-state index contributed by atoms with van der Waals surface area (Å²) >= 11 is 0. The van der Waals surface area contributed by atoms with E-state index < -0.39 is 0 Å². The minimum absolute atomic E-state index is 0.406. The van der Waals surface area contributed by atoms with Crippen molar-refractivity contribution in [2.75, 3.05) is 39.3 Å². The first kappa shape index (κ1) is 11.3. The molecule has 1 N–H and O–H groups in total. The van der Waals surface area contributed by atoms with E-state index in [1.54, 1.807) is 0 Å². The summed E-state index contributed by atoms with van der Waals surface area (Å²) in [5, 5.41) is 3.36. The van der Waals surface area contributed by atoms with E-state index >= 15 is 0 Å². The van der Waals surface area contributed by atoms with Gasteiger partial charge < -0.3 is 15.1 Å². The van der Waals surface area contributed by atoms with Crippen LogP contribution in [0.1, 0.15) is 13.8 Å². The Labute approximate surface area is 97.7 Å². The van der Waals surface area contributed by atoms with Crippen LogP contribution in [-0.4, -0.2) is 61.1 Å². The summed E-state index contributed by atoms with van der Waals surface area (Å²) in [6.07, 6.45) is 0. The highest BCUT2D eigenvalue weighted by molar-refractivity contribution is 5.82. The molecule has 2 heterocycles. The van der Waals surface area contributed by atoms with Crippen LogP contribution in [0.25, 0.3) is 0 Å². The van der Waals surface area contributed by atoms with Crippen molar-refractivity contribution in [3.63, 3.8) is 0 Å². The monoisotopic (exact) mass is 220 g/mol. The Hall–Kier alpha value is -1.21. The van der Waals surface area contributed by atoms with Gasteiger partial charge >= 0.3 is 0 Å². The van der Waals surface area contributed by atoms with Crippen LogP contribution in [0.15, 0.2) is 4.99 Å². The second kappa shape index (κ2) is 5.22. The summed E-state index contributed by atoms with van der Waals surface area (Å²) in [6, 6.07) is 0.406. The molecule has 2 rings (SSSR count). The predicted octanol–water partition coefficient (Wildman–Crippen LogP) is -0.0250. The highest BCUT2D eigenvalue weighted by atomic mass is 15.4. The summed E-state index contributed by atoms with van der Waals surface area (Å²) < 4.78 is 0. The van der Waals surface area contributed by atoms with Crippen molar-refractivity contribution in [1.82, 2.24) is 15.1 Å². The lowest BCUT2D eigenvalue weighted by Gasteiger charge is -2.33. The molecule has 0 aromatic heterocycles. The molecule has 0 bridgehead atoms. The highest BCUT2D eigenvalue weighted by Gasteiger charge is 2.26. The Morgan fingerprint density at radius 2 is 2.19 bits per heavy atom. The van der Waals surface area contributed by atoms with E-state index in [1.165, 1.54) is 0 Å². The zero-order valence-electron chi connectivity index (χ0n) is 10.2. The quantitative estimate of drug-likeness (QED) is 0.630. The van der Waals surface area contributed by atoms with Gasteiger partial charge in [0.1, 0.15) is 0 Å². The molecular formula is C12H20N4. The van der Waals surface area contributed by atoms with Gasteiger partial charge in [0.05, 0.1) is 12.6 Å². The predicted molar refractivity (Wildman–Crippen MR) is 66.4 cm³/mol. The van der Waals surface area contributed by atoms with Crippen LogP contribution < -0.4 is 5.32 Å². The lowest BCUT2D eigenvalue weighted by molar-refractivity contribution is 0.314. The second-order valence-corrected chi connectivity index (χ2v) is 4.32. The smallest absolute Gasteiger partial charge is 0.197 e. The minimum Gasteiger partial charge on any atom is -0.340 e. The molecule has 1 saturated heterocycles. The molecule has 4 nitrogen and oxygen atoms in total. The number of nitrogens with zero attached hydrogens (tertiary/aromatic N) is 3. The fourth-order valence-corrected chi connectivity index (χ4v) is 2.18. The minimum atomic E-state index is 0.406. The fourth-order valence-electron chi connectivity index (χ4n) is 2.18. The van der Waals surface area contributed by atoms with E-state index in [0.29, 0.717) is 6.04 Å². The van der Waals surface area contributed by atoms with Crippen LogP contribution >= 0.6 is 0 Å². The van der Waals surface area contributed by atoms with Gasteiger partial charge in [-0.25, -0.2) is 4.99 Å². The molecule has 4 heteroatoms. The number of rotatable bonds is 1. The van der Waals surface area contributed by atoms with Crippen LogP contribution in [0, 0.1) is 11.8 Å². The van der Waals surface area contributed by atoms with Gasteiger partial charge in [0.15, 0.2) is 5.96 Å². The summed E-state index contributed by atoms with van der Waals surface area (Å²) in [5.74, 6) is 7.24. The molecule has 0 radical (unpaired) electrons. The fraction of sp³-hybridized carbons (Fsp3) is 0.750. The van der Waals surface area contributed by atoms with Gasteiger partial charge in [0.25, 0.3) is 0 Å². The highest BCUT2D eigenvalue weighted by Crippen LogP contribution is 2.12. The zero-order valence-corrected chi connectivity index (χ0v) is 10.2. The molecule has 16 heavy (non-hydrogen) atoms. The van der Waals surface area contributed by atoms with E-state index in [1.807, 2.05) is 6.92 Å². The van der Waals surface area contributed by atoms with E-state index in [9.17, 15) is 0 Å². The number of piperazine rings is 1. The molecule has 2 aliphatic heterocycles. The number of aliphatic imine (C=N–C) groups is 1. The lowest BCUT2D eigenvalue weighted by atomic mass is 10.3. The Morgan fingerprint density at radius 3 is 2.88 bits per heavy atom. The first-order valence-electron chi connectivity index (χ1n) is 5.99. The molecule has 1 fully saturated rings. The third-order valence-corrected chi connectivity index (χ3v) is 2.95. The van der Waals surface area contributed by atoms with Gasteiger partial charge in [-0.3, -0.25) is 0 Å².